The largest absolute Gasteiger partial charge is 0.416 e. The Balaban J connectivity index is 1.37. The summed E-state index contributed by atoms with van der Waals surface area (Å²) >= 11 is 1.17. The first kappa shape index (κ1) is 29.2. The normalized spacial score (nSPS) is 18.7. The van der Waals surface area contributed by atoms with Gasteiger partial charge in [-0.2, -0.15) is 13.2 Å². The molecule has 2 aliphatic carbocycles. The lowest BCUT2D eigenvalue weighted by atomic mass is 9.78. The highest BCUT2D eigenvalue weighted by Gasteiger charge is 2.45. The summed E-state index contributed by atoms with van der Waals surface area (Å²) in [5.41, 5.74) is 5.04. The number of halogens is 3. The lowest BCUT2D eigenvalue weighted by molar-refractivity contribution is -0.137. The minimum atomic E-state index is -4.52. The molecule has 1 saturated carbocycles. The fourth-order valence-electron chi connectivity index (χ4n) is 5.45. The van der Waals surface area contributed by atoms with Crippen molar-refractivity contribution < 1.29 is 31.5 Å². The number of hydrogen-bond donors (Lipinski definition) is 3. The molecule has 0 bridgehead atoms. The molecule has 1 fully saturated rings. The van der Waals surface area contributed by atoms with Crippen molar-refractivity contribution in [2.75, 3.05) is 5.32 Å². The van der Waals surface area contributed by atoms with E-state index in [9.17, 15) is 31.5 Å². The van der Waals surface area contributed by atoms with E-state index in [2.05, 4.69) is 20.3 Å². The van der Waals surface area contributed by atoms with Crippen LogP contribution in [0.2, 0.25) is 0 Å². The van der Waals surface area contributed by atoms with E-state index >= 15 is 0 Å². The zero-order valence-corrected chi connectivity index (χ0v) is 24.4. The molecule has 3 heterocycles. The Morgan fingerprint density at radius 1 is 1.14 bits per heavy atom. The monoisotopic (exact) mass is 629 g/mol. The van der Waals surface area contributed by atoms with Gasteiger partial charge in [0, 0.05) is 12.4 Å². The van der Waals surface area contributed by atoms with Crippen molar-refractivity contribution >= 4 is 38.7 Å². The first-order chi connectivity index (χ1) is 20.3. The number of hydrogen-bond acceptors (Lipinski definition) is 9. The van der Waals surface area contributed by atoms with Crippen molar-refractivity contribution in [2.24, 2.45) is 5.73 Å². The molecule has 1 amide bonds. The number of primary amides is 1. The van der Waals surface area contributed by atoms with E-state index in [4.69, 9.17) is 5.73 Å². The number of carbonyl (C=O) groups is 1. The highest BCUT2D eigenvalue weighted by atomic mass is 32.2. The van der Waals surface area contributed by atoms with E-state index < -0.39 is 38.3 Å². The zero-order valence-electron chi connectivity index (χ0n) is 22.8. The lowest BCUT2D eigenvalue weighted by Gasteiger charge is -2.34. The number of nitrogens with one attached hydrogen (secondary N) is 1. The number of nitrogens with zero attached hydrogens (tertiary/aromatic N) is 3. The van der Waals surface area contributed by atoms with Gasteiger partial charge in [-0.05, 0) is 86.1 Å². The third kappa shape index (κ3) is 5.38. The SMILES string of the molecule is Cc1cc(Nc2cc(C(F)(F)F)ccn2)nc(-c2cnc(C3(O)CCCc4c3ccc(C(N)=O)c4S(=O)(=O)C3CC3)s2)c1. The van der Waals surface area contributed by atoms with Crippen LogP contribution in [0.15, 0.2) is 53.7 Å². The van der Waals surface area contributed by atoms with Crippen LogP contribution in [-0.4, -0.2) is 39.6 Å². The van der Waals surface area contributed by atoms with E-state index in [0.717, 1.165) is 23.9 Å². The van der Waals surface area contributed by atoms with Gasteiger partial charge in [0.15, 0.2) is 9.84 Å². The molecule has 0 aliphatic heterocycles. The molecule has 0 radical (unpaired) electrons. The number of aliphatic hydroxyl groups is 1. The zero-order chi connectivity index (χ0) is 30.7. The van der Waals surface area contributed by atoms with Crippen molar-refractivity contribution in [3.8, 4) is 10.6 Å². The number of anilines is 2. The molecule has 1 aromatic carbocycles. The third-order valence-corrected chi connectivity index (χ3v) is 11.2. The molecule has 224 valence electrons. The molecule has 4 N–H and O–H groups in total. The first-order valence-corrected chi connectivity index (χ1v) is 15.8. The van der Waals surface area contributed by atoms with Gasteiger partial charge in [-0.15, -0.1) is 11.3 Å². The van der Waals surface area contributed by atoms with Crippen molar-refractivity contribution in [2.45, 2.75) is 61.0 Å². The highest BCUT2D eigenvalue weighted by molar-refractivity contribution is 7.92. The predicted octanol–water partition coefficient (Wildman–Crippen LogP) is 5.28. The van der Waals surface area contributed by atoms with Gasteiger partial charge in [0.2, 0.25) is 5.91 Å². The summed E-state index contributed by atoms with van der Waals surface area (Å²) in [4.78, 5) is 25.7. The molecule has 4 aromatic rings. The van der Waals surface area contributed by atoms with Gasteiger partial charge < -0.3 is 16.2 Å². The van der Waals surface area contributed by atoms with Crippen LogP contribution in [0, 0.1) is 6.92 Å². The number of thiazole rings is 1. The van der Waals surface area contributed by atoms with E-state index in [0.29, 0.717) is 52.4 Å². The van der Waals surface area contributed by atoms with Gasteiger partial charge in [0.05, 0.1) is 31.8 Å². The molecule has 6 rings (SSSR count). The van der Waals surface area contributed by atoms with Crippen LogP contribution in [0.1, 0.15) is 63.3 Å². The highest BCUT2D eigenvalue weighted by Crippen LogP contribution is 2.47. The summed E-state index contributed by atoms with van der Waals surface area (Å²) in [5, 5.41) is 14.6. The maximum Gasteiger partial charge on any atom is 0.416 e. The number of nitrogens with two attached hydrogens (primary N) is 1. The Labute approximate surface area is 249 Å². The maximum absolute atomic E-state index is 13.4. The van der Waals surface area contributed by atoms with Crippen LogP contribution in [0.3, 0.4) is 0 Å². The molecule has 3 aromatic heterocycles. The van der Waals surface area contributed by atoms with Gasteiger partial charge in [0.1, 0.15) is 22.2 Å². The molecule has 1 unspecified atom stereocenters. The Morgan fingerprint density at radius 3 is 2.60 bits per heavy atom. The molecule has 1 atom stereocenters. The number of benzene rings is 1. The van der Waals surface area contributed by atoms with E-state index in [-0.39, 0.29) is 28.5 Å². The Hall–Kier alpha value is -3.88. The number of fused-ring (bicyclic) bond motifs is 1. The van der Waals surface area contributed by atoms with Crippen LogP contribution in [0.5, 0.6) is 0 Å². The second-order valence-corrected chi connectivity index (χ2v) is 14.0. The van der Waals surface area contributed by atoms with Crippen molar-refractivity contribution in [1.82, 2.24) is 15.0 Å². The van der Waals surface area contributed by atoms with Crippen LogP contribution in [0.4, 0.5) is 24.8 Å². The number of carbonyl (C=O) groups excluding carboxylic acids is 1. The summed E-state index contributed by atoms with van der Waals surface area (Å²) in [5.74, 6) is -0.598. The fourth-order valence-corrected chi connectivity index (χ4v) is 8.58. The first-order valence-electron chi connectivity index (χ1n) is 13.5. The van der Waals surface area contributed by atoms with E-state index in [1.165, 1.54) is 17.4 Å². The molecule has 14 heteroatoms. The quantitative estimate of drug-likeness (QED) is 0.250. The van der Waals surface area contributed by atoms with Gasteiger partial charge >= 0.3 is 6.18 Å². The molecule has 0 saturated heterocycles. The van der Waals surface area contributed by atoms with Gasteiger partial charge in [-0.1, -0.05) is 6.07 Å². The Bertz CT molecular complexity index is 1870. The summed E-state index contributed by atoms with van der Waals surface area (Å²) in [7, 11) is -3.81. The van der Waals surface area contributed by atoms with Crippen molar-refractivity contribution in [3.05, 3.63) is 81.6 Å². The minimum Gasteiger partial charge on any atom is -0.378 e. The minimum absolute atomic E-state index is 0.0238. The fraction of sp³-hybridized carbons (Fsp3) is 0.310. The second kappa shape index (κ2) is 10.4. The van der Waals surface area contributed by atoms with E-state index in [1.807, 2.05) is 0 Å². The summed E-state index contributed by atoms with van der Waals surface area (Å²) < 4.78 is 66.3. The van der Waals surface area contributed by atoms with Gasteiger partial charge in [-0.3, -0.25) is 4.79 Å². The predicted molar refractivity (Wildman–Crippen MR) is 154 cm³/mol. The Morgan fingerprint density at radius 2 is 1.91 bits per heavy atom. The molecular formula is C29H26F3N5O4S2. The summed E-state index contributed by atoms with van der Waals surface area (Å²) in [6.45, 7) is 1.81. The van der Waals surface area contributed by atoms with Gasteiger partial charge in [-0.25, -0.2) is 23.4 Å². The van der Waals surface area contributed by atoms with E-state index in [1.54, 1.807) is 31.3 Å². The molecule has 0 spiro atoms. The summed E-state index contributed by atoms with van der Waals surface area (Å²) in [6.07, 6.45) is 0.189. The number of pyridine rings is 2. The third-order valence-electron chi connectivity index (χ3n) is 7.61. The molecule has 2 aliphatic rings. The van der Waals surface area contributed by atoms with Crippen molar-refractivity contribution in [3.63, 3.8) is 0 Å². The molecular weight excluding hydrogens is 603 g/mol. The van der Waals surface area contributed by atoms with Crippen LogP contribution >= 0.6 is 11.3 Å². The second-order valence-electron chi connectivity index (χ2n) is 10.8. The molecule has 43 heavy (non-hydrogen) atoms. The number of rotatable bonds is 7. The number of amides is 1. The maximum atomic E-state index is 13.4. The Kier molecular flexibility index (Phi) is 7.05. The number of aromatic nitrogens is 3. The smallest absolute Gasteiger partial charge is 0.378 e. The van der Waals surface area contributed by atoms with Crippen LogP contribution < -0.4 is 11.1 Å². The average Bonchev–Trinajstić information content (AvgIpc) is 3.69. The number of sulfone groups is 1. The summed E-state index contributed by atoms with van der Waals surface area (Å²) in [6, 6.07) is 8.13. The number of aryl methyl sites for hydroxylation is 1. The van der Waals surface area contributed by atoms with Crippen molar-refractivity contribution in [1.29, 1.82) is 0 Å². The topological polar surface area (TPSA) is 148 Å². The average molecular weight is 630 g/mol. The van der Waals surface area contributed by atoms with Gasteiger partial charge in [0.25, 0.3) is 0 Å². The van der Waals surface area contributed by atoms with Crippen LogP contribution in [-0.2, 0) is 28.0 Å². The standard InChI is InChI=1S/C29H26F3N5O4S2/c1-15-11-21(36-24(12-15)37-23-13-16(8-10-34-23)29(30,31)32)22-14-35-27(42-22)28(39)9-2-3-18-20(28)7-6-19(26(33)38)25(18)43(40,41)17-4-5-17/h6-8,10-14,17,39H,2-5,9H2,1H3,(H2,33,38)(H,34,36,37). The molecule has 9 nitrogen and oxygen atoms in total. The lowest BCUT2D eigenvalue weighted by Crippen LogP contribution is -2.34. The number of alkyl halides is 3. The van der Waals surface area contributed by atoms with Crippen LogP contribution in [0.25, 0.3) is 10.6 Å².